The number of hydrogen-bond acceptors (Lipinski definition) is 2. The van der Waals surface area contributed by atoms with Crippen LogP contribution in [0.4, 0.5) is 0 Å². The molecule has 21 heavy (non-hydrogen) atoms. The molecule has 2 aromatic carbocycles. The lowest BCUT2D eigenvalue weighted by molar-refractivity contribution is 0.729. The van der Waals surface area contributed by atoms with Crippen LogP contribution in [0.3, 0.4) is 0 Å². The third-order valence-corrected chi connectivity index (χ3v) is 3.90. The molecule has 0 amide bonds. The molecule has 2 heteroatoms. The van der Waals surface area contributed by atoms with Gasteiger partial charge >= 0.3 is 0 Å². The third-order valence-electron chi connectivity index (χ3n) is 3.90. The lowest BCUT2D eigenvalue weighted by Gasteiger charge is -2.17. The van der Waals surface area contributed by atoms with Gasteiger partial charge in [-0.25, -0.2) is 0 Å². The summed E-state index contributed by atoms with van der Waals surface area (Å²) in [4.78, 5) is 0. The Bertz CT molecular complexity index is 654. The predicted octanol–water partition coefficient (Wildman–Crippen LogP) is 4.16. The van der Waals surface area contributed by atoms with Crippen LogP contribution in [0.5, 0.6) is 0 Å². The first-order valence-electron chi connectivity index (χ1n) is 7.46. The number of hydrogen-bond donors (Lipinski definition) is 1. The van der Waals surface area contributed by atoms with Gasteiger partial charge in [0.2, 0.25) is 0 Å². The fraction of sp³-hybridized carbons (Fsp3) is 0.211. The van der Waals surface area contributed by atoms with Crippen molar-refractivity contribution in [1.29, 1.82) is 0 Å². The average Bonchev–Trinajstić information content (AvgIpc) is 2.56. The van der Waals surface area contributed by atoms with Crippen molar-refractivity contribution in [3.8, 4) is 0 Å². The normalized spacial score (nSPS) is 15.5. The molecule has 0 unspecified atom stereocenters. The number of rotatable bonds is 4. The minimum absolute atomic E-state index is 0.753. The first-order chi connectivity index (χ1) is 10.4. The van der Waals surface area contributed by atoms with Crippen LogP contribution in [0.25, 0.3) is 6.08 Å². The lowest BCUT2D eigenvalue weighted by atomic mass is 9.90. The van der Waals surface area contributed by atoms with Gasteiger partial charge in [0.25, 0.3) is 0 Å². The molecule has 0 aliphatic heterocycles. The van der Waals surface area contributed by atoms with Crippen molar-refractivity contribution in [1.82, 2.24) is 5.43 Å². The maximum atomic E-state index is 4.61. The van der Waals surface area contributed by atoms with Crippen molar-refractivity contribution in [2.45, 2.75) is 25.8 Å². The van der Waals surface area contributed by atoms with E-state index in [9.17, 15) is 0 Å². The van der Waals surface area contributed by atoms with Gasteiger partial charge in [0.1, 0.15) is 0 Å². The van der Waals surface area contributed by atoms with Crippen LogP contribution in [-0.2, 0) is 13.0 Å². The van der Waals surface area contributed by atoms with Gasteiger partial charge in [-0.05, 0) is 36.0 Å². The Morgan fingerprint density at radius 1 is 1.05 bits per heavy atom. The summed E-state index contributed by atoms with van der Waals surface area (Å²) in [5, 5.41) is 4.61. The molecule has 0 saturated carbocycles. The number of nitrogens with one attached hydrogen (secondary N) is 1. The summed E-state index contributed by atoms with van der Waals surface area (Å²) in [5.41, 5.74) is 9.49. The standard InChI is InChI=1S/C19H20N2/c1-2-15-10-12-16(13-11-15)14-20-21-19-9-5-7-17-6-3-4-8-18(17)19/h2-4,6,8,10-13,20H,1,5,7,9,14H2. The minimum atomic E-state index is 0.753. The Morgan fingerprint density at radius 2 is 1.86 bits per heavy atom. The Kier molecular flexibility index (Phi) is 4.15. The summed E-state index contributed by atoms with van der Waals surface area (Å²) in [6, 6.07) is 17.0. The number of aryl methyl sites for hydroxylation is 1. The van der Waals surface area contributed by atoms with Crippen LogP contribution < -0.4 is 5.43 Å². The Hall–Kier alpha value is -2.35. The van der Waals surface area contributed by atoms with E-state index < -0.39 is 0 Å². The van der Waals surface area contributed by atoms with Gasteiger partial charge in [-0.3, -0.25) is 0 Å². The molecule has 2 nitrogen and oxygen atoms in total. The highest BCUT2D eigenvalue weighted by atomic mass is 15.3. The zero-order valence-corrected chi connectivity index (χ0v) is 12.2. The highest BCUT2D eigenvalue weighted by Gasteiger charge is 2.14. The fourth-order valence-electron chi connectivity index (χ4n) is 2.71. The Balaban J connectivity index is 1.68. The van der Waals surface area contributed by atoms with Crippen LogP contribution in [0.1, 0.15) is 35.1 Å². The molecule has 106 valence electrons. The maximum Gasteiger partial charge on any atom is 0.0678 e. The Morgan fingerprint density at radius 3 is 2.67 bits per heavy atom. The van der Waals surface area contributed by atoms with Crippen LogP contribution in [0.2, 0.25) is 0 Å². The highest BCUT2D eigenvalue weighted by Crippen LogP contribution is 2.21. The minimum Gasteiger partial charge on any atom is -0.305 e. The van der Waals surface area contributed by atoms with Crippen LogP contribution >= 0.6 is 0 Å². The van der Waals surface area contributed by atoms with Crippen molar-refractivity contribution in [3.05, 3.63) is 77.4 Å². The second kappa shape index (κ2) is 6.40. The molecule has 0 saturated heterocycles. The summed E-state index contributed by atoms with van der Waals surface area (Å²) in [6.07, 6.45) is 5.26. The van der Waals surface area contributed by atoms with Gasteiger partial charge < -0.3 is 5.43 Å². The molecule has 0 radical (unpaired) electrons. The van der Waals surface area contributed by atoms with Gasteiger partial charge in [0.15, 0.2) is 0 Å². The topological polar surface area (TPSA) is 24.4 Å². The van der Waals surface area contributed by atoms with Gasteiger partial charge in [0, 0.05) is 5.56 Å². The Labute approximate surface area is 126 Å². The van der Waals surface area contributed by atoms with Gasteiger partial charge in [-0.15, -0.1) is 0 Å². The van der Waals surface area contributed by atoms with Crippen molar-refractivity contribution >= 4 is 11.8 Å². The van der Waals surface area contributed by atoms with Gasteiger partial charge in [-0.1, -0.05) is 61.2 Å². The monoisotopic (exact) mass is 276 g/mol. The van der Waals surface area contributed by atoms with E-state index in [-0.39, 0.29) is 0 Å². The lowest BCUT2D eigenvalue weighted by Crippen LogP contribution is -2.16. The van der Waals surface area contributed by atoms with E-state index >= 15 is 0 Å². The summed E-state index contributed by atoms with van der Waals surface area (Å²) >= 11 is 0. The van der Waals surface area contributed by atoms with E-state index in [0.29, 0.717) is 0 Å². The molecule has 0 bridgehead atoms. The van der Waals surface area contributed by atoms with E-state index in [2.05, 4.69) is 65.6 Å². The summed E-state index contributed by atoms with van der Waals surface area (Å²) in [5.74, 6) is 0. The van der Waals surface area contributed by atoms with E-state index in [4.69, 9.17) is 0 Å². The zero-order chi connectivity index (χ0) is 14.5. The summed E-state index contributed by atoms with van der Waals surface area (Å²) < 4.78 is 0. The highest BCUT2D eigenvalue weighted by molar-refractivity contribution is 6.02. The number of benzene rings is 2. The maximum absolute atomic E-state index is 4.61. The zero-order valence-electron chi connectivity index (χ0n) is 12.2. The predicted molar refractivity (Wildman–Crippen MR) is 89.3 cm³/mol. The second-order valence-corrected chi connectivity index (χ2v) is 5.35. The van der Waals surface area contributed by atoms with Gasteiger partial charge in [0.05, 0.1) is 12.3 Å². The van der Waals surface area contributed by atoms with E-state index in [1.807, 2.05) is 6.08 Å². The SMILES string of the molecule is C=Cc1ccc(CNN=C2CCCc3ccccc32)cc1. The van der Waals surface area contributed by atoms with E-state index in [0.717, 1.165) is 24.9 Å². The number of fused-ring (bicyclic) bond motifs is 1. The van der Waals surface area contributed by atoms with Crippen LogP contribution in [0, 0.1) is 0 Å². The van der Waals surface area contributed by atoms with Crippen LogP contribution in [0.15, 0.2) is 60.2 Å². The molecule has 0 atom stereocenters. The molecular weight excluding hydrogens is 256 g/mol. The third kappa shape index (κ3) is 3.22. The molecule has 0 spiro atoms. The molecule has 1 aliphatic rings. The largest absolute Gasteiger partial charge is 0.305 e. The second-order valence-electron chi connectivity index (χ2n) is 5.35. The molecular formula is C19H20N2. The van der Waals surface area contributed by atoms with E-state index in [1.165, 1.54) is 28.8 Å². The van der Waals surface area contributed by atoms with Crippen molar-refractivity contribution in [3.63, 3.8) is 0 Å². The van der Waals surface area contributed by atoms with Crippen molar-refractivity contribution in [2.75, 3.05) is 0 Å². The molecule has 1 aliphatic carbocycles. The van der Waals surface area contributed by atoms with Crippen LogP contribution in [-0.4, -0.2) is 5.71 Å². The van der Waals surface area contributed by atoms with E-state index in [1.54, 1.807) is 0 Å². The van der Waals surface area contributed by atoms with Crippen molar-refractivity contribution in [2.24, 2.45) is 5.10 Å². The summed E-state index contributed by atoms with van der Waals surface area (Å²) in [6.45, 7) is 4.52. The molecule has 0 fully saturated rings. The molecule has 0 aromatic heterocycles. The quantitative estimate of drug-likeness (QED) is 0.833. The first-order valence-corrected chi connectivity index (χ1v) is 7.46. The van der Waals surface area contributed by atoms with Gasteiger partial charge in [-0.2, -0.15) is 5.10 Å². The molecule has 1 N–H and O–H groups in total. The molecule has 2 aromatic rings. The fourth-order valence-corrected chi connectivity index (χ4v) is 2.71. The number of hydrazone groups is 1. The first kappa shape index (κ1) is 13.6. The smallest absolute Gasteiger partial charge is 0.0678 e. The molecule has 0 heterocycles. The van der Waals surface area contributed by atoms with Crippen molar-refractivity contribution < 1.29 is 0 Å². The average molecular weight is 276 g/mol. The summed E-state index contributed by atoms with van der Waals surface area (Å²) in [7, 11) is 0. The number of nitrogens with zero attached hydrogens (tertiary/aromatic N) is 1. The molecule has 3 rings (SSSR count).